The lowest BCUT2D eigenvalue weighted by atomic mass is 10.1. The lowest BCUT2D eigenvalue weighted by molar-refractivity contribution is -0.131. The summed E-state index contributed by atoms with van der Waals surface area (Å²) in [4.78, 5) is 21.8. The van der Waals surface area contributed by atoms with Gasteiger partial charge >= 0.3 is 5.97 Å². The number of aliphatic carboxylic acids is 1. The van der Waals surface area contributed by atoms with Crippen LogP contribution in [0.3, 0.4) is 0 Å². The minimum atomic E-state index is -1.62. The van der Waals surface area contributed by atoms with Crippen molar-refractivity contribution in [2.75, 3.05) is 7.11 Å². The Morgan fingerprint density at radius 1 is 1.44 bits per heavy atom. The molecule has 0 aliphatic rings. The third-order valence-corrected chi connectivity index (χ3v) is 2.67. The molecular formula is C10H9BrO5. The number of aromatic hydroxyl groups is 1. The van der Waals surface area contributed by atoms with E-state index in [0.29, 0.717) is 15.8 Å². The Morgan fingerprint density at radius 2 is 2.00 bits per heavy atom. The van der Waals surface area contributed by atoms with Gasteiger partial charge < -0.3 is 14.9 Å². The van der Waals surface area contributed by atoms with E-state index in [-0.39, 0.29) is 11.3 Å². The van der Waals surface area contributed by atoms with Crippen molar-refractivity contribution in [2.24, 2.45) is 0 Å². The van der Waals surface area contributed by atoms with E-state index in [1.54, 1.807) is 0 Å². The summed E-state index contributed by atoms with van der Waals surface area (Å²) in [6, 6.07) is 1.22. The number of carboxylic acid groups (broad SMARTS) is 1. The number of hydrogen-bond acceptors (Lipinski definition) is 4. The number of phenols is 1. The highest BCUT2D eigenvalue weighted by Crippen LogP contribution is 2.37. The second-order valence-corrected chi connectivity index (χ2v) is 3.90. The highest BCUT2D eigenvalue weighted by molar-refractivity contribution is 9.10. The zero-order valence-electron chi connectivity index (χ0n) is 8.57. The lowest BCUT2D eigenvalue weighted by Crippen LogP contribution is -2.13. The number of ether oxygens (including phenoxy) is 1. The minimum absolute atomic E-state index is 0.266. The van der Waals surface area contributed by atoms with Crippen LogP contribution in [0.2, 0.25) is 0 Å². The van der Waals surface area contributed by atoms with Crippen LogP contribution in [0.25, 0.3) is 0 Å². The molecule has 1 aromatic rings. The van der Waals surface area contributed by atoms with Crippen LogP contribution in [0.15, 0.2) is 10.5 Å². The largest absolute Gasteiger partial charge is 0.507 e. The maximum atomic E-state index is 11.2. The molecule has 1 rings (SSSR count). The number of Topliss-reactive ketones (excluding diaryl/α,β-unsaturated/α-hetero) is 1. The molecule has 6 heteroatoms. The third-order valence-electron chi connectivity index (χ3n) is 2.08. The van der Waals surface area contributed by atoms with E-state index in [2.05, 4.69) is 15.9 Å². The first-order valence-electron chi connectivity index (χ1n) is 4.23. The van der Waals surface area contributed by atoms with Crippen molar-refractivity contribution < 1.29 is 24.5 Å². The summed E-state index contributed by atoms with van der Waals surface area (Å²) in [6.07, 6.45) is 0. The fourth-order valence-electron chi connectivity index (χ4n) is 1.29. The van der Waals surface area contributed by atoms with Gasteiger partial charge in [0.1, 0.15) is 11.5 Å². The first-order chi connectivity index (χ1) is 7.40. The van der Waals surface area contributed by atoms with Gasteiger partial charge in [-0.3, -0.25) is 4.79 Å². The molecule has 0 spiro atoms. The van der Waals surface area contributed by atoms with Crippen molar-refractivity contribution in [2.45, 2.75) is 6.92 Å². The van der Waals surface area contributed by atoms with E-state index in [1.165, 1.54) is 20.1 Å². The highest BCUT2D eigenvalue weighted by atomic mass is 79.9. The van der Waals surface area contributed by atoms with Gasteiger partial charge in [0.05, 0.1) is 17.1 Å². The number of carbonyl (C=O) groups is 2. The first kappa shape index (κ1) is 12.5. The van der Waals surface area contributed by atoms with Gasteiger partial charge in [0.2, 0.25) is 0 Å². The number of phenolic OH excluding ortho intramolecular Hbond substituents is 1. The molecule has 5 nitrogen and oxygen atoms in total. The van der Waals surface area contributed by atoms with Crippen LogP contribution < -0.4 is 4.74 Å². The number of halogens is 1. The van der Waals surface area contributed by atoms with Crippen molar-refractivity contribution >= 4 is 27.7 Å². The summed E-state index contributed by atoms with van der Waals surface area (Å²) in [5.74, 6) is -2.80. The summed E-state index contributed by atoms with van der Waals surface area (Å²) in [5, 5.41) is 18.2. The quantitative estimate of drug-likeness (QED) is 0.654. The fraction of sp³-hybridized carbons (Fsp3) is 0.200. The highest BCUT2D eigenvalue weighted by Gasteiger charge is 2.23. The summed E-state index contributed by atoms with van der Waals surface area (Å²) >= 11 is 3.13. The number of hydrogen-bond donors (Lipinski definition) is 2. The normalized spacial score (nSPS) is 9.94. The van der Waals surface area contributed by atoms with Gasteiger partial charge in [-0.2, -0.15) is 0 Å². The Bertz CT molecular complexity index is 467. The van der Waals surface area contributed by atoms with E-state index in [1.807, 2.05) is 0 Å². The molecule has 2 N–H and O–H groups in total. The van der Waals surface area contributed by atoms with Crippen molar-refractivity contribution in [1.29, 1.82) is 0 Å². The molecule has 16 heavy (non-hydrogen) atoms. The SMILES string of the molecule is COc1c(Br)cc(C(=O)C(=O)O)c(O)c1C. The Balaban J connectivity index is 3.45. The Labute approximate surface area is 99.8 Å². The van der Waals surface area contributed by atoms with Crippen LogP contribution in [-0.2, 0) is 4.79 Å². The number of carbonyl (C=O) groups excluding carboxylic acids is 1. The monoisotopic (exact) mass is 288 g/mol. The average molecular weight is 289 g/mol. The van der Waals surface area contributed by atoms with Gasteiger partial charge in [0.15, 0.2) is 0 Å². The molecule has 0 bridgehead atoms. The average Bonchev–Trinajstić information content (AvgIpc) is 2.23. The standard InChI is InChI=1S/C10H9BrO5/c1-4-7(12)5(8(13)10(14)15)3-6(11)9(4)16-2/h3,12H,1-2H3,(H,14,15). The summed E-state index contributed by atoms with van der Waals surface area (Å²) in [5.41, 5.74) is 0.0409. The van der Waals surface area contributed by atoms with Gasteiger partial charge in [0.25, 0.3) is 5.78 Å². The number of methoxy groups -OCH3 is 1. The van der Waals surface area contributed by atoms with Crippen molar-refractivity contribution in [1.82, 2.24) is 0 Å². The van der Waals surface area contributed by atoms with Crippen LogP contribution in [0.1, 0.15) is 15.9 Å². The maximum Gasteiger partial charge on any atom is 0.377 e. The van der Waals surface area contributed by atoms with Crippen molar-refractivity contribution in [3.8, 4) is 11.5 Å². The Morgan fingerprint density at radius 3 is 2.44 bits per heavy atom. The number of benzene rings is 1. The zero-order chi connectivity index (χ0) is 12.5. The molecular weight excluding hydrogens is 280 g/mol. The lowest BCUT2D eigenvalue weighted by Gasteiger charge is -2.11. The predicted molar refractivity (Wildman–Crippen MR) is 59.1 cm³/mol. The molecule has 0 amide bonds. The molecule has 0 radical (unpaired) electrons. The van der Waals surface area contributed by atoms with Crippen LogP contribution in [0, 0.1) is 6.92 Å². The molecule has 86 valence electrons. The van der Waals surface area contributed by atoms with Crippen LogP contribution in [0.5, 0.6) is 11.5 Å². The molecule has 0 unspecified atom stereocenters. The second kappa shape index (κ2) is 4.52. The Hall–Kier alpha value is -1.56. The summed E-state index contributed by atoms with van der Waals surface area (Å²) in [6.45, 7) is 1.53. The van der Waals surface area contributed by atoms with Gasteiger partial charge in [-0.05, 0) is 28.9 Å². The summed E-state index contributed by atoms with van der Waals surface area (Å²) in [7, 11) is 1.41. The van der Waals surface area contributed by atoms with Crippen LogP contribution in [-0.4, -0.2) is 29.1 Å². The van der Waals surface area contributed by atoms with Crippen molar-refractivity contribution in [3.63, 3.8) is 0 Å². The topological polar surface area (TPSA) is 83.8 Å². The van der Waals surface area contributed by atoms with E-state index in [4.69, 9.17) is 9.84 Å². The third kappa shape index (κ3) is 2.01. The maximum absolute atomic E-state index is 11.2. The van der Waals surface area contributed by atoms with Crippen LogP contribution in [0.4, 0.5) is 0 Å². The number of ketones is 1. The van der Waals surface area contributed by atoms with E-state index in [9.17, 15) is 14.7 Å². The predicted octanol–water partition coefficient (Wildman–Crippen LogP) is 1.74. The van der Waals surface area contributed by atoms with Gasteiger partial charge in [0, 0.05) is 5.56 Å². The number of carboxylic acids is 1. The zero-order valence-corrected chi connectivity index (χ0v) is 10.2. The van der Waals surface area contributed by atoms with Gasteiger partial charge in [-0.15, -0.1) is 0 Å². The minimum Gasteiger partial charge on any atom is -0.507 e. The molecule has 0 aliphatic heterocycles. The molecule has 0 aliphatic carbocycles. The Kier molecular flexibility index (Phi) is 3.54. The molecule has 0 saturated heterocycles. The van der Waals surface area contributed by atoms with Gasteiger partial charge in [-0.25, -0.2) is 4.79 Å². The molecule has 0 fully saturated rings. The van der Waals surface area contributed by atoms with Gasteiger partial charge in [-0.1, -0.05) is 0 Å². The van der Waals surface area contributed by atoms with E-state index in [0.717, 1.165) is 0 Å². The molecule has 0 saturated carbocycles. The first-order valence-corrected chi connectivity index (χ1v) is 5.03. The fourth-order valence-corrected chi connectivity index (χ4v) is 1.98. The molecule has 0 atom stereocenters. The second-order valence-electron chi connectivity index (χ2n) is 3.05. The number of rotatable bonds is 3. The molecule has 0 heterocycles. The van der Waals surface area contributed by atoms with E-state index < -0.39 is 11.8 Å². The molecule has 1 aromatic carbocycles. The van der Waals surface area contributed by atoms with Crippen molar-refractivity contribution in [3.05, 3.63) is 21.7 Å². The smallest absolute Gasteiger partial charge is 0.377 e. The van der Waals surface area contributed by atoms with Crippen LogP contribution >= 0.6 is 15.9 Å². The van der Waals surface area contributed by atoms with E-state index >= 15 is 0 Å². The summed E-state index contributed by atoms with van der Waals surface area (Å²) < 4.78 is 5.40. The molecule has 0 aromatic heterocycles.